The fraction of sp³-hybridized carbons (Fsp3) is 0.167. The Balaban J connectivity index is 1.88. The molecule has 5 heteroatoms. The fourth-order valence-corrected chi connectivity index (χ4v) is 2.46. The number of hydrogen-bond acceptors (Lipinski definition) is 3. The van der Waals surface area contributed by atoms with Gasteiger partial charge in [-0.1, -0.05) is 29.8 Å². The highest BCUT2D eigenvalue weighted by atomic mass is 16.2. The molecule has 3 aromatic rings. The number of fused-ring (bicyclic) bond motifs is 1. The minimum atomic E-state index is -0.378. The number of nitrogens with one attached hydrogen (secondary N) is 1. The second-order valence-electron chi connectivity index (χ2n) is 5.53. The summed E-state index contributed by atoms with van der Waals surface area (Å²) < 4.78 is 1.69. The first kappa shape index (κ1) is 15.0. The van der Waals surface area contributed by atoms with Crippen molar-refractivity contribution in [1.82, 2.24) is 14.9 Å². The average Bonchev–Trinajstić information content (AvgIpc) is 2.57. The zero-order valence-electron chi connectivity index (χ0n) is 13.0. The van der Waals surface area contributed by atoms with Crippen LogP contribution >= 0.6 is 0 Å². The first-order chi connectivity index (χ1) is 11.1. The van der Waals surface area contributed by atoms with Crippen molar-refractivity contribution < 1.29 is 4.79 Å². The predicted molar refractivity (Wildman–Crippen MR) is 89.3 cm³/mol. The molecule has 0 bridgehead atoms. The maximum atomic E-state index is 12.5. The molecule has 5 nitrogen and oxygen atoms in total. The molecular formula is C18H17N3O2. The van der Waals surface area contributed by atoms with Crippen LogP contribution < -0.4 is 10.7 Å². The number of nitrogens with zero attached hydrogens (tertiary/aromatic N) is 2. The lowest BCUT2D eigenvalue weighted by Crippen LogP contribution is -2.29. The summed E-state index contributed by atoms with van der Waals surface area (Å²) in [6.07, 6.45) is 3.15. The van der Waals surface area contributed by atoms with Crippen molar-refractivity contribution in [3.05, 3.63) is 75.7 Å². The van der Waals surface area contributed by atoms with E-state index in [1.807, 2.05) is 31.2 Å². The van der Waals surface area contributed by atoms with Crippen molar-refractivity contribution in [3.63, 3.8) is 0 Å². The molecule has 3 rings (SSSR count). The summed E-state index contributed by atoms with van der Waals surface area (Å²) in [6.45, 7) is 2.39. The maximum absolute atomic E-state index is 12.5. The van der Waals surface area contributed by atoms with Crippen LogP contribution in [-0.4, -0.2) is 15.5 Å². The molecule has 0 aliphatic heterocycles. The van der Waals surface area contributed by atoms with Crippen molar-refractivity contribution in [3.8, 4) is 0 Å². The van der Waals surface area contributed by atoms with E-state index in [0.717, 1.165) is 11.1 Å². The van der Waals surface area contributed by atoms with Gasteiger partial charge >= 0.3 is 0 Å². The van der Waals surface area contributed by atoms with E-state index >= 15 is 0 Å². The van der Waals surface area contributed by atoms with Gasteiger partial charge in [-0.15, -0.1) is 0 Å². The van der Waals surface area contributed by atoms with Crippen LogP contribution in [0.15, 0.2) is 53.6 Å². The molecular weight excluding hydrogens is 290 g/mol. The number of amides is 1. The normalized spacial score (nSPS) is 10.7. The van der Waals surface area contributed by atoms with Gasteiger partial charge in [-0.25, -0.2) is 4.98 Å². The van der Waals surface area contributed by atoms with E-state index < -0.39 is 0 Å². The van der Waals surface area contributed by atoms with Crippen molar-refractivity contribution >= 4 is 16.9 Å². The molecule has 0 atom stereocenters. The van der Waals surface area contributed by atoms with E-state index in [2.05, 4.69) is 10.3 Å². The van der Waals surface area contributed by atoms with Crippen LogP contribution in [0.3, 0.4) is 0 Å². The number of carbonyl (C=O) groups excluding carboxylic acids is 1. The van der Waals surface area contributed by atoms with Gasteiger partial charge in [0.2, 0.25) is 5.43 Å². The molecule has 0 radical (unpaired) electrons. The Hall–Kier alpha value is -2.95. The summed E-state index contributed by atoms with van der Waals surface area (Å²) in [5, 5.41) is 3.24. The zero-order chi connectivity index (χ0) is 16.4. The molecule has 1 amide bonds. The Morgan fingerprint density at radius 2 is 1.96 bits per heavy atom. The smallest absolute Gasteiger partial charge is 0.257 e. The van der Waals surface area contributed by atoms with Gasteiger partial charge in [0.25, 0.3) is 5.91 Å². The van der Waals surface area contributed by atoms with Crippen molar-refractivity contribution in [2.24, 2.45) is 7.05 Å². The second kappa shape index (κ2) is 6.04. The van der Waals surface area contributed by atoms with Gasteiger partial charge in [-0.05, 0) is 24.6 Å². The molecule has 0 spiro atoms. The monoisotopic (exact) mass is 307 g/mol. The standard InChI is InChI=1S/C18H17N3O2/c1-12-5-7-13(8-6-12)10-20-18(23)15-11-21(2)17-14(16(15)22)4-3-9-19-17/h3-9,11H,10H2,1-2H3,(H,20,23). The van der Waals surface area contributed by atoms with Gasteiger partial charge in [0.15, 0.2) is 0 Å². The number of carbonyl (C=O) groups is 1. The number of aromatic nitrogens is 2. The Kier molecular flexibility index (Phi) is 3.93. The van der Waals surface area contributed by atoms with Gasteiger partial charge in [0.1, 0.15) is 11.2 Å². The Bertz CT molecular complexity index is 927. The van der Waals surface area contributed by atoms with E-state index in [-0.39, 0.29) is 16.9 Å². The topological polar surface area (TPSA) is 64.0 Å². The molecule has 2 aromatic heterocycles. The summed E-state index contributed by atoms with van der Waals surface area (Å²) in [4.78, 5) is 29.0. The first-order valence-electron chi connectivity index (χ1n) is 7.34. The number of rotatable bonds is 3. The van der Waals surface area contributed by atoms with E-state index in [4.69, 9.17) is 0 Å². The van der Waals surface area contributed by atoms with E-state index in [1.54, 1.807) is 29.9 Å². The zero-order valence-corrected chi connectivity index (χ0v) is 13.0. The van der Waals surface area contributed by atoms with Gasteiger partial charge < -0.3 is 9.88 Å². The summed E-state index contributed by atoms with van der Waals surface area (Å²) >= 11 is 0. The number of pyridine rings is 2. The molecule has 0 unspecified atom stereocenters. The van der Waals surface area contributed by atoms with Crippen LogP contribution in [0.2, 0.25) is 0 Å². The Morgan fingerprint density at radius 3 is 2.70 bits per heavy atom. The van der Waals surface area contributed by atoms with Crippen molar-refractivity contribution in [2.75, 3.05) is 0 Å². The summed E-state index contributed by atoms with van der Waals surface area (Å²) in [5.41, 5.74) is 2.54. The largest absolute Gasteiger partial charge is 0.348 e. The molecule has 2 heterocycles. The highest BCUT2D eigenvalue weighted by molar-refractivity contribution is 5.96. The third-order valence-corrected chi connectivity index (χ3v) is 3.75. The Labute approximate surface area is 133 Å². The summed E-state index contributed by atoms with van der Waals surface area (Å²) in [5.74, 6) is -0.378. The Morgan fingerprint density at radius 1 is 1.22 bits per heavy atom. The number of aryl methyl sites for hydroxylation is 2. The van der Waals surface area contributed by atoms with E-state index in [1.165, 1.54) is 6.20 Å². The summed E-state index contributed by atoms with van der Waals surface area (Å²) in [7, 11) is 1.77. The lowest BCUT2D eigenvalue weighted by molar-refractivity contribution is 0.0949. The molecule has 116 valence electrons. The fourth-order valence-electron chi connectivity index (χ4n) is 2.46. The third kappa shape index (κ3) is 2.99. The van der Waals surface area contributed by atoms with Crippen LogP contribution in [0.1, 0.15) is 21.5 Å². The van der Waals surface area contributed by atoms with Crippen LogP contribution in [0.5, 0.6) is 0 Å². The highest BCUT2D eigenvalue weighted by Crippen LogP contribution is 2.08. The summed E-state index contributed by atoms with van der Waals surface area (Å²) in [6, 6.07) is 11.3. The maximum Gasteiger partial charge on any atom is 0.257 e. The first-order valence-corrected chi connectivity index (χ1v) is 7.34. The van der Waals surface area contributed by atoms with Crippen LogP contribution in [0.25, 0.3) is 11.0 Å². The molecule has 0 fully saturated rings. The van der Waals surface area contributed by atoms with Crippen LogP contribution in [0.4, 0.5) is 0 Å². The molecule has 0 aliphatic carbocycles. The minimum Gasteiger partial charge on any atom is -0.348 e. The lowest BCUT2D eigenvalue weighted by atomic mass is 10.1. The van der Waals surface area contributed by atoms with Gasteiger partial charge in [-0.3, -0.25) is 9.59 Å². The lowest BCUT2D eigenvalue weighted by Gasteiger charge is -2.09. The molecule has 0 aliphatic rings. The van der Waals surface area contributed by atoms with Gasteiger partial charge in [0, 0.05) is 26.0 Å². The van der Waals surface area contributed by atoms with Gasteiger partial charge in [0.05, 0.1) is 5.39 Å². The van der Waals surface area contributed by atoms with Crippen molar-refractivity contribution in [2.45, 2.75) is 13.5 Å². The van der Waals surface area contributed by atoms with Gasteiger partial charge in [-0.2, -0.15) is 0 Å². The number of benzene rings is 1. The van der Waals surface area contributed by atoms with Crippen LogP contribution in [-0.2, 0) is 13.6 Å². The second-order valence-corrected chi connectivity index (χ2v) is 5.53. The molecule has 1 aromatic carbocycles. The molecule has 0 saturated heterocycles. The van der Waals surface area contributed by atoms with Crippen molar-refractivity contribution in [1.29, 1.82) is 0 Å². The van der Waals surface area contributed by atoms with Crippen LogP contribution in [0, 0.1) is 6.92 Å². The molecule has 1 N–H and O–H groups in total. The quantitative estimate of drug-likeness (QED) is 0.806. The third-order valence-electron chi connectivity index (χ3n) is 3.75. The molecule has 23 heavy (non-hydrogen) atoms. The minimum absolute atomic E-state index is 0.125. The SMILES string of the molecule is Cc1ccc(CNC(=O)c2cn(C)c3ncccc3c2=O)cc1. The van der Waals surface area contributed by atoms with E-state index in [0.29, 0.717) is 17.6 Å². The molecule has 0 saturated carbocycles. The average molecular weight is 307 g/mol. The number of hydrogen-bond donors (Lipinski definition) is 1. The van der Waals surface area contributed by atoms with E-state index in [9.17, 15) is 9.59 Å². The highest BCUT2D eigenvalue weighted by Gasteiger charge is 2.14. The predicted octanol–water partition coefficient (Wildman–Crippen LogP) is 2.17.